The van der Waals surface area contributed by atoms with Crippen LogP contribution in [0.4, 0.5) is 0 Å². The van der Waals surface area contributed by atoms with Gasteiger partial charge in [0.15, 0.2) is 11.6 Å². The number of carbonyl (C=O) groups excluding carboxylic acids is 6. The number of hydrogen-bond donors (Lipinski definition) is 0. The van der Waals surface area contributed by atoms with Gasteiger partial charge in [-0.3, -0.25) is 28.8 Å². The van der Waals surface area contributed by atoms with Crippen molar-refractivity contribution in [3.63, 3.8) is 0 Å². The van der Waals surface area contributed by atoms with E-state index < -0.39 is 71.0 Å². The number of benzene rings is 1. The SMILES string of the molecule is COC(=O)C1C(=O)C(C(=O)OC)C2c3cc(OC)ccc3C1C(C(=O)OC)C(=O)C2C(=O)OC. The quantitative estimate of drug-likeness (QED) is 0.325. The summed E-state index contributed by atoms with van der Waals surface area (Å²) in [6.07, 6.45) is 0. The summed E-state index contributed by atoms with van der Waals surface area (Å²) in [5.74, 6) is -15.6. The largest absolute Gasteiger partial charge is 0.497 e. The van der Waals surface area contributed by atoms with Crippen LogP contribution in [0.1, 0.15) is 23.0 Å². The third-order valence-electron chi connectivity index (χ3n) is 6.50. The maximum Gasteiger partial charge on any atom is 0.316 e. The molecule has 4 atom stereocenters. The van der Waals surface area contributed by atoms with Crippen LogP contribution < -0.4 is 4.74 Å². The molecule has 182 valence electrons. The topological polar surface area (TPSA) is 149 Å². The van der Waals surface area contributed by atoms with Crippen molar-refractivity contribution in [3.8, 4) is 5.75 Å². The molecule has 11 nitrogen and oxygen atoms in total. The van der Waals surface area contributed by atoms with Crippen LogP contribution in [-0.2, 0) is 47.7 Å². The molecule has 0 fully saturated rings. The average molecular weight is 476 g/mol. The van der Waals surface area contributed by atoms with Gasteiger partial charge in [-0.2, -0.15) is 0 Å². The third-order valence-corrected chi connectivity index (χ3v) is 6.50. The highest BCUT2D eigenvalue weighted by Crippen LogP contribution is 2.53. The molecule has 2 aliphatic carbocycles. The molecule has 0 spiro atoms. The lowest BCUT2D eigenvalue weighted by Crippen LogP contribution is -2.51. The van der Waals surface area contributed by atoms with Gasteiger partial charge in [0.1, 0.15) is 29.4 Å². The standard InChI is InChI=1S/C23H24O11/c1-30-9-6-7-10-11(8-9)13-16(22(28)33-4)18(24)14(20(26)31-2)12(10)15(21(27)32-3)19(25)17(13)23(29)34-5/h6-8,12-17H,1-5H3. The molecule has 3 rings (SSSR count). The summed E-state index contributed by atoms with van der Waals surface area (Å²) < 4.78 is 24.6. The summed E-state index contributed by atoms with van der Waals surface area (Å²) in [5, 5.41) is 0. The van der Waals surface area contributed by atoms with Gasteiger partial charge in [0.2, 0.25) is 0 Å². The van der Waals surface area contributed by atoms with Crippen molar-refractivity contribution in [1.29, 1.82) is 0 Å². The second kappa shape index (κ2) is 9.62. The fourth-order valence-electron chi connectivity index (χ4n) is 5.03. The van der Waals surface area contributed by atoms with Gasteiger partial charge >= 0.3 is 23.9 Å². The summed E-state index contributed by atoms with van der Waals surface area (Å²) in [7, 11) is 5.52. The van der Waals surface area contributed by atoms with Gasteiger partial charge in [-0.05, 0) is 23.3 Å². The number of ether oxygens (including phenoxy) is 5. The van der Waals surface area contributed by atoms with Crippen molar-refractivity contribution in [2.45, 2.75) is 11.8 Å². The molecule has 34 heavy (non-hydrogen) atoms. The number of Topliss-reactive ketones (excluding diaryl/α,β-unsaturated/α-hetero) is 2. The molecule has 0 aliphatic heterocycles. The molecule has 0 heterocycles. The van der Waals surface area contributed by atoms with E-state index in [0.717, 1.165) is 28.4 Å². The predicted molar refractivity (Wildman–Crippen MR) is 111 cm³/mol. The van der Waals surface area contributed by atoms with Crippen LogP contribution in [0, 0.1) is 23.7 Å². The van der Waals surface area contributed by atoms with E-state index >= 15 is 0 Å². The third kappa shape index (κ3) is 3.70. The summed E-state index contributed by atoms with van der Waals surface area (Å²) in [6, 6.07) is 4.45. The Kier molecular flexibility index (Phi) is 7.04. The Balaban J connectivity index is 2.51. The predicted octanol–water partition coefficient (Wildman–Crippen LogP) is 0.185. The van der Waals surface area contributed by atoms with Crippen LogP contribution in [0.2, 0.25) is 0 Å². The van der Waals surface area contributed by atoms with Crippen LogP contribution in [0.5, 0.6) is 5.75 Å². The van der Waals surface area contributed by atoms with Crippen molar-refractivity contribution in [2.75, 3.05) is 35.5 Å². The number of methoxy groups -OCH3 is 5. The fourth-order valence-corrected chi connectivity index (χ4v) is 5.03. The molecule has 0 saturated carbocycles. The molecule has 0 radical (unpaired) electrons. The first-order valence-corrected chi connectivity index (χ1v) is 10.2. The van der Waals surface area contributed by atoms with Crippen molar-refractivity contribution in [1.82, 2.24) is 0 Å². The minimum Gasteiger partial charge on any atom is -0.497 e. The Bertz CT molecular complexity index is 1000. The Labute approximate surface area is 194 Å². The summed E-state index contributed by atoms with van der Waals surface area (Å²) >= 11 is 0. The highest BCUT2D eigenvalue weighted by Gasteiger charge is 2.63. The molecule has 1 aromatic carbocycles. The van der Waals surface area contributed by atoms with Crippen molar-refractivity contribution in [2.24, 2.45) is 23.7 Å². The molecule has 0 N–H and O–H groups in total. The lowest BCUT2D eigenvalue weighted by atomic mass is 9.66. The van der Waals surface area contributed by atoms with Crippen LogP contribution in [-0.4, -0.2) is 71.0 Å². The monoisotopic (exact) mass is 476 g/mol. The Morgan fingerprint density at radius 2 is 0.941 bits per heavy atom. The van der Waals surface area contributed by atoms with Gasteiger partial charge in [0, 0.05) is 11.8 Å². The molecule has 0 saturated heterocycles. The van der Waals surface area contributed by atoms with Crippen LogP contribution in [0.3, 0.4) is 0 Å². The van der Waals surface area contributed by atoms with E-state index in [2.05, 4.69) is 0 Å². The van der Waals surface area contributed by atoms with E-state index in [9.17, 15) is 28.8 Å². The zero-order valence-electron chi connectivity index (χ0n) is 19.2. The van der Waals surface area contributed by atoms with Gasteiger partial charge in [-0.25, -0.2) is 0 Å². The lowest BCUT2D eigenvalue weighted by Gasteiger charge is -2.34. The maximum atomic E-state index is 13.8. The maximum absolute atomic E-state index is 13.8. The number of esters is 4. The zero-order chi connectivity index (χ0) is 25.3. The molecule has 2 bridgehead atoms. The van der Waals surface area contributed by atoms with Gasteiger partial charge < -0.3 is 23.7 Å². The molecule has 0 amide bonds. The van der Waals surface area contributed by atoms with E-state index in [1.165, 1.54) is 25.3 Å². The Hall–Kier alpha value is -3.76. The molecule has 11 heteroatoms. The van der Waals surface area contributed by atoms with Crippen LogP contribution >= 0.6 is 0 Å². The van der Waals surface area contributed by atoms with E-state index in [0.29, 0.717) is 5.75 Å². The van der Waals surface area contributed by atoms with Gasteiger partial charge in [0.05, 0.1) is 35.5 Å². The van der Waals surface area contributed by atoms with Crippen LogP contribution in [0.15, 0.2) is 18.2 Å². The van der Waals surface area contributed by atoms with Crippen molar-refractivity contribution >= 4 is 35.4 Å². The zero-order valence-corrected chi connectivity index (χ0v) is 19.2. The Morgan fingerprint density at radius 3 is 1.26 bits per heavy atom. The van der Waals surface area contributed by atoms with Crippen molar-refractivity contribution < 1.29 is 52.5 Å². The molecule has 0 aromatic heterocycles. The normalized spacial score (nSPS) is 27.6. The first-order chi connectivity index (χ1) is 16.2. The second-order valence-corrected chi connectivity index (χ2v) is 7.85. The molecular weight excluding hydrogens is 452 g/mol. The van der Waals surface area contributed by atoms with E-state index in [1.807, 2.05) is 0 Å². The molecular formula is C23H24O11. The minimum absolute atomic E-state index is 0.203. The highest BCUT2D eigenvalue weighted by atomic mass is 16.5. The first kappa shape index (κ1) is 24.9. The summed E-state index contributed by atoms with van der Waals surface area (Å²) in [4.78, 5) is 79.1. The van der Waals surface area contributed by atoms with Crippen molar-refractivity contribution in [3.05, 3.63) is 29.3 Å². The molecule has 4 unspecified atom stereocenters. The van der Waals surface area contributed by atoms with Gasteiger partial charge in [0.25, 0.3) is 0 Å². The number of hydrogen-bond acceptors (Lipinski definition) is 11. The van der Waals surface area contributed by atoms with E-state index in [4.69, 9.17) is 23.7 Å². The Morgan fingerprint density at radius 1 is 0.588 bits per heavy atom. The minimum atomic E-state index is -1.74. The van der Waals surface area contributed by atoms with E-state index in [1.54, 1.807) is 0 Å². The summed E-state index contributed by atoms with van der Waals surface area (Å²) in [6.45, 7) is 0. The molecule has 2 aliphatic rings. The number of rotatable bonds is 5. The number of carbonyl (C=O) groups is 6. The fraction of sp³-hybridized carbons (Fsp3) is 0.478. The van der Waals surface area contributed by atoms with E-state index in [-0.39, 0.29) is 11.1 Å². The number of ketones is 2. The summed E-state index contributed by atoms with van der Waals surface area (Å²) in [5.41, 5.74) is 0.436. The van der Waals surface area contributed by atoms with Gasteiger partial charge in [-0.15, -0.1) is 0 Å². The smallest absolute Gasteiger partial charge is 0.316 e. The second-order valence-electron chi connectivity index (χ2n) is 7.85. The molecule has 1 aromatic rings. The van der Waals surface area contributed by atoms with Crippen LogP contribution in [0.25, 0.3) is 0 Å². The highest BCUT2D eigenvalue weighted by molar-refractivity contribution is 6.17. The average Bonchev–Trinajstić information content (AvgIpc) is 3.02. The first-order valence-electron chi connectivity index (χ1n) is 10.2. The van der Waals surface area contributed by atoms with Gasteiger partial charge in [-0.1, -0.05) is 6.07 Å². The lowest BCUT2D eigenvalue weighted by molar-refractivity contribution is -0.164.